The predicted molar refractivity (Wildman–Crippen MR) is 120 cm³/mol. The number of alkyl halides is 3. The predicted octanol–water partition coefficient (Wildman–Crippen LogP) is 3.59. The molecule has 1 fully saturated rings. The molecule has 0 atom stereocenters. The number of carboxylic acid groups (broad SMARTS) is 1. The molecule has 2 heterocycles. The van der Waals surface area contributed by atoms with Crippen LogP contribution in [0.1, 0.15) is 28.8 Å². The van der Waals surface area contributed by atoms with Crippen LogP contribution in [0.25, 0.3) is 11.1 Å². The summed E-state index contributed by atoms with van der Waals surface area (Å²) in [4.78, 5) is 27.1. The monoisotopic (exact) mass is 494 g/mol. The van der Waals surface area contributed by atoms with Crippen molar-refractivity contribution < 1.29 is 37.5 Å². The summed E-state index contributed by atoms with van der Waals surface area (Å²) in [5, 5.41) is 19.4. The lowest BCUT2D eigenvalue weighted by atomic mass is 9.97. The van der Waals surface area contributed by atoms with Crippen molar-refractivity contribution in [2.24, 2.45) is 5.92 Å². The Balaban J connectivity index is 0.000000429. The van der Waals surface area contributed by atoms with E-state index < -0.39 is 18.1 Å². The average Bonchev–Trinajstić information content (AvgIpc) is 3.28. The van der Waals surface area contributed by atoms with Gasteiger partial charge in [-0.05, 0) is 49.1 Å². The fourth-order valence-corrected chi connectivity index (χ4v) is 3.60. The molecule has 2 aromatic carbocycles. The minimum absolute atomic E-state index is 0.345. The molecule has 1 aromatic heterocycles. The first-order valence-corrected chi connectivity index (χ1v) is 10.8. The third-order valence-corrected chi connectivity index (χ3v) is 5.47. The van der Waals surface area contributed by atoms with E-state index in [1.165, 1.54) is 5.56 Å². The van der Waals surface area contributed by atoms with Gasteiger partial charge < -0.3 is 19.7 Å². The highest BCUT2D eigenvalue weighted by molar-refractivity contribution is 5.96. The molecule has 3 aromatic rings. The summed E-state index contributed by atoms with van der Waals surface area (Å²) in [5.41, 5.74) is 4.53. The number of benzene rings is 2. The normalized spacial score (nSPS) is 14.3. The summed E-state index contributed by atoms with van der Waals surface area (Å²) < 4.78 is 37.6. The van der Waals surface area contributed by atoms with E-state index >= 15 is 0 Å². The molecule has 0 unspecified atom stereocenters. The molecule has 1 amide bonds. The summed E-state index contributed by atoms with van der Waals surface area (Å²) in [6.45, 7) is 3.70. The minimum Gasteiger partial charge on any atom is -0.475 e. The average molecular weight is 494 g/mol. The number of fused-ring (bicyclic) bond motifs is 1. The Hall–Kier alpha value is -3.64. The lowest BCUT2D eigenvalue weighted by molar-refractivity contribution is -0.192. The van der Waals surface area contributed by atoms with Crippen LogP contribution in [-0.2, 0) is 11.3 Å². The zero-order chi connectivity index (χ0) is 25.4. The van der Waals surface area contributed by atoms with Gasteiger partial charge in [-0.3, -0.25) is 10.0 Å². The number of oxazole rings is 1. The number of nitrogens with one attached hydrogen (secondary N) is 2. The van der Waals surface area contributed by atoms with E-state index in [-0.39, 0.29) is 0 Å². The number of anilines is 1. The number of rotatable bonds is 6. The van der Waals surface area contributed by atoms with Gasteiger partial charge in [0, 0.05) is 25.2 Å². The molecule has 4 rings (SSSR count). The number of amides is 1. The van der Waals surface area contributed by atoms with Gasteiger partial charge in [0.25, 0.3) is 11.9 Å². The van der Waals surface area contributed by atoms with Crippen LogP contribution >= 0.6 is 0 Å². The van der Waals surface area contributed by atoms with Crippen molar-refractivity contribution in [3.05, 3.63) is 59.7 Å². The molecule has 9 nitrogen and oxygen atoms in total. The van der Waals surface area contributed by atoms with Crippen molar-refractivity contribution >= 4 is 29.0 Å². The fourth-order valence-electron chi connectivity index (χ4n) is 3.60. The van der Waals surface area contributed by atoms with E-state index in [1.54, 1.807) is 23.7 Å². The minimum atomic E-state index is -5.08. The first-order chi connectivity index (χ1) is 16.7. The fraction of sp³-hybridized carbons (Fsp3) is 0.348. The number of hydroxylamine groups is 1. The lowest BCUT2D eigenvalue weighted by Crippen LogP contribution is -2.37. The van der Waals surface area contributed by atoms with Crippen LogP contribution in [0.15, 0.2) is 52.9 Å². The second-order valence-electron chi connectivity index (χ2n) is 7.97. The van der Waals surface area contributed by atoms with Crippen molar-refractivity contribution in [2.75, 3.05) is 24.5 Å². The highest BCUT2D eigenvalue weighted by atomic mass is 19.4. The molecule has 0 bridgehead atoms. The van der Waals surface area contributed by atoms with E-state index in [1.807, 2.05) is 6.07 Å². The van der Waals surface area contributed by atoms with Crippen LogP contribution < -0.4 is 15.7 Å². The number of piperidine rings is 1. The topological polar surface area (TPSA) is 128 Å². The van der Waals surface area contributed by atoms with Crippen molar-refractivity contribution in [3.63, 3.8) is 0 Å². The van der Waals surface area contributed by atoms with Gasteiger partial charge in [0.15, 0.2) is 5.58 Å². The number of carbonyl (C=O) groups excluding carboxylic acids is 1. The number of carboxylic acids is 1. The summed E-state index contributed by atoms with van der Waals surface area (Å²) in [6.07, 6.45) is -2.92. The van der Waals surface area contributed by atoms with E-state index in [9.17, 15) is 18.0 Å². The van der Waals surface area contributed by atoms with Crippen LogP contribution in [0.3, 0.4) is 0 Å². The molecule has 188 valence electrons. The Kier molecular flexibility index (Phi) is 8.66. The number of hydrogen-bond acceptors (Lipinski definition) is 7. The maximum Gasteiger partial charge on any atom is 0.490 e. The number of hydrogen-bond donors (Lipinski definition) is 4. The maximum atomic E-state index is 11.5. The van der Waals surface area contributed by atoms with E-state index in [0.29, 0.717) is 28.6 Å². The smallest absolute Gasteiger partial charge is 0.475 e. The van der Waals surface area contributed by atoms with Gasteiger partial charge in [-0.15, -0.1) is 0 Å². The quantitative estimate of drug-likeness (QED) is 0.302. The van der Waals surface area contributed by atoms with Gasteiger partial charge in [-0.25, -0.2) is 10.3 Å². The molecule has 0 aliphatic carbocycles. The number of aliphatic carboxylic acids is 1. The van der Waals surface area contributed by atoms with Crippen molar-refractivity contribution in [1.29, 1.82) is 0 Å². The third-order valence-electron chi connectivity index (χ3n) is 5.47. The van der Waals surface area contributed by atoms with Crippen LogP contribution in [0.2, 0.25) is 0 Å². The summed E-state index contributed by atoms with van der Waals surface area (Å²) >= 11 is 0. The second kappa shape index (κ2) is 11.7. The number of carbonyl (C=O) groups is 2. The maximum absolute atomic E-state index is 11.5. The number of nitrogens with zero attached hydrogens (tertiary/aromatic N) is 2. The Morgan fingerprint density at radius 1 is 1.11 bits per heavy atom. The van der Waals surface area contributed by atoms with Gasteiger partial charge in [0.05, 0.1) is 0 Å². The van der Waals surface area contributed by atoms with Crippen molar-refractivity contribution in [1.82, 2.24) is 15.8 Å². The zero-order valence-corrected chi connectivity index (χ0v) is 18.6. The standard InChI is InChI=1S/C21H24N4O3.C2HF3O2/c26-20(24-27)17-6-7-19-18(12-17)23-21(28-19)25-10-8-16(9-11-25)14-22-13-15-4-2-1-3-5-15;3-2(4,5)1(6)7/h1-7,12,16,22,27H,8-11,13-14H2,(H,24,26);(H,6,7). The summed E-state index contributed by atoms with van der Waals surface area (Å²) in [7, 11) is 0. The molecule has 0 radical (unpaired) electrons. The van der Waals surface area contributed by atoms with Crippen LogP contribution in [-0.4, -0.2) is 53.0 Å². The van der Waals surface area contributed by atoms with E-state index in [0.717, 1.165) is 39.0 Å². The first-order valence-electron chi connectivity index (χ1n) is 10.8. The molecule has 0 spiro atoms. The lowest BCUT2D eigenvalue weighted by Gasteiger charge is -2.31. The Morgan fingerprint density at radius 2 is 1.77 bits per heavy atom. The van der Waals surface area contributed by atoms with Crippen LogP contribution in [0.5, 0.6) is 0 Å². The summed E-state index contributed by atoms with van der Waals surface area (Å²) in [6, 6.07) is 16.0. The van der Waals surface area contributed by atoms with Crippen molar-refractivity contribution in [2.45, 2.75) is 25.6 Å². The highest BCUT2D eigenvalue weighted by Gasteiger charge is 2.38. The van der Waals surface area contributed by atoms with Gasteiger partial charge in [-0.1, -0.05) is 30.3 Å². The second-order valence-corrected chi connectivity index (χ2v) is 7.97. The van der Waals surface area contributed by atoms with Crippen molar-refractivity contribution in [3.8, 4) is 0 Å². The molecule has 35 heavy (non-hydrogen) atoms. The summed E-state index contributed by atoms with van der Waals surface area (Å²) in [5.74, 6) is -2.67. The van der Waals surface area contributed by atoms with Gasteiger partial charge in [0.2, 0.25) is 0 Å². The SMILES string of the molecule is O=C(NO)c1ccc2oc(N3CCC(CNCc4ccccc4)CC3)nc2c1.O=C(O)C(F)(F)F. The molecular weight excluding hydrogens is 469 g/mol. The molecule has 1 aliphatic rings. The van der Waals surface area contributed by atoms with Crippen LogP contribution in [0, 0.1) is 5.92 Å². The zero-order valence-electron chi connectivity index (χ0n) is 18.6. The molecule has 12 heteroatoms. The van der Waals surface area contributed by atoms with Gasteiger partial charge >= 0.3 is 12.1 Å². The number of aromatic nitrogens is 1. The Labute approximate surface area is 198 Å². The number of halogens is 3. The van der Waals surface area contributed by atoms with Gasteiger partial charge in [-0.2, -0.15) is 18.2 Å². The molecule has 1 aliphatic heterocycles. The third kappa shape index (κ3) is 7.42. The molecule has 4 N–H and O–H groups in total. The first kappa shape index (κ1) is 26.0. The Bertz CT molecular complexity index is 1130. The van der Waals surface area contributed by atoms with E-state index in [4.69, 9.17) is 19.5 Å². The molecule has 1 saturated heterocycles. The Morgan fingerprint density at radius 3 is 2.37 bits per heavy atom. The van der Waals surface area contributed by atoms with E-state index in [2.05, 4.69) is 39.5 Å². The molecule has 0 saturated carbocycles. The highest BCUT2D eigenvalue weighted by Crippen LogP contribution is 2.27. The largest absolute Gasteiger partial charge is 0.490 e. The van der Waals surface area contributed by atoms with Crippen LogP contribution in [0.4, 0.5) is 19.2 Å². The molecular formula is C23H25F3N4O5. The van der Waals surface area contributed by atoms with Gasteiger partial charge in [0.1, 0.15) is 5.52 Å².